The molecule has 1 saturated carbocycles. The Morgan fingerprint density at radius 3 is 2.32 bits per heavy atom. The van der Waals surface area contributed by atoms with Crippen LogP contribution in [0.15, 0.2) is 18.3 Å². The van der Waals surface area contributed by atoms with E-state index in [2.05, 4.69) is 20.5 Å². The summed E-state index contributed by atoms with van der Waals surface area (Å²) in [5.41, 5.74) is 0.737. The first-order chi connectivity index (χ1) is 12.6. The zero-order chi connectivity index (χ0) is 18.1. The van der Waals surface area contributed by atoms with Gasteiger partial charge in [0.15, 0.2) is 0 Å². The van der Waals surface area contributed by atoms with Crippen molar-refractivity contribution in [2.24, 2.45) is 17.8 Å². The highest BCUT2D eigenvalue weighted by Gasteiger charge is 2.34. The van der Waals surface area contributed by atoms with Crippen molar-refractivity contribution in [3.8, 4) is 0 Å². The predicted octanol–water partition coefficient (Wildman–Crippen LogP) is 1.78. The summed E-state index contributed by atoms with van der Waals surface area (Å²) in [6.07, 6.45) is 3.84. The molecule has 0 radical (unpaired) electrons. The standard InChI is InChI=1S/C19H27N5O2.2ClH/c1-13(15-10-20-11-15)18(25)22-16-4-5-17(21-12-16)23-6-8-24(9-7-23)19(26)14-2-3-14;;/h4-5,12-15,20H,2-3,6-11H2,1H3,(H,22,25);2*1H. The Balaban J connectivity index is 0.00000140. The Morgan fingerprint density at radius 1 is 1.14 bits per heavy atom. The molecule has 1 unspecified atom stereocenters. The van der Waals surface area contributed by atoms with Gasteiger partial charge in [-0.05, 0) is 44.0 Å². The van der Waals surface area contributed by atoms with Crippen LogP contribution >= 0.6 is 24.8 Å². The van der Waals surface area contributed by atoms with Gasteiger partial charge in [0, 0.05) is 38.0 Å². The van der Waals surface area contributed by atoms with Crippen LogP contribution in [0.5, 0.6) is 0 Å². The van der Waals surface area contributed by atoms with Crippen LogP contribution in [0.25, 0.3) is 0 Å². The maximum absolute atomic E-state index is 12.3. The molecular weight excluding hydrogens is 401 g/mol. The van der Waals surface area contributed by atoms with E-state index in [4.69, 9.17) is 0 Å². The van der Waals surface area contributed by atoms with Gasteiger partial charge in [-0.25, -0.2) is 4.98 Å². The average molecular weight is 430 g/mol. The predicted molar refractivity (Wildman–Crippen MR) is 114 cm³/mol. The number of rotatable bonds is 5. The number of aromatic nitrogens is 1. The van der Waals surface area contributed by atoms with Gasteiger partial charge in [0.1, 0.15) is 5.82 Å². The number of halogens is 2. The van der Waals surface area contributed by atoms with E-state index in [-0.39, 0.29) is 36.6 Å². The molecule has 2 amide bonds. The maximum atomic E-state index is 12.3. The minimum atomic E-state index is 0. The second-order valence-corrected chi connectivity index (χ2v) is 7.69. The molecule has 2 aliphatic heterocycles. The molecule has 4 rings (SSSR count). The molecule has 3 heterocycles. The highest BCUT2D eigenvalue weighted by atomic mass is 35.5. The van der Waals surface area contributed by atoms with Gasteiger partial charge in [0.05, 0.1) is 11.9 Å². The highest BCUT2D eigenvalue weighted by molar-refractivity contribution is 5.92. The number of anilines is 2. The molecule has 28 heavy (non-hydrogen) atoms. The van der Waals surface area contributed by atoms with E-state index in [1.807, 2.05) is 24.0 Å². The second kappa shape index (κ2) is 9.76. The lowest BCUT2D eigenvalue weighted by molar-refractivity contribution is -0.132. The lowest BCUT2D eigenvalue weighted by Crippen LogP contribution is -2.49. The monoisotopic (exact) mass is 429 g/mol. The molecule has 1 aromatic heterocycles. The molecule has 3 aliphatic rings. The number of amides is 2. The second-order valence-electron chi connectivity index (χ2n) is 7.69. The zero-order valence-corrected chi connectivity index (χ0v) is 17.7. The van der Waals surface area contributed by atoms with E-state index in [9.17, 15) is 9.59 Å². The van der Waals surface area contributed by atoms with E-state index in [0.29, 0.717) is 17.7 Å². The summed E-state index contributed by atoms with van der Waals surface area (Å²) in [4.78, 5) is 33.1. The van der Waals surface area contributed by atoms with Gasteiger partial charge in [-0.15, -0.1) is 24.8 Å². The van der Waals surface area contributed by atoms with Crippen LogP contribution in [-0.4, -0.2) is 61.0 Å². The Kier molecular flexibility index (Phi) is 7.92. The van der Waals surface area contributed by atoms with Gasteiger partial charge in [0.25, 0.3) is 0 Å². The Morgan fingerprint density at radius 2 is 1.82 bits per heavy atom. The molecule has 156 valence electrons. The van der Waals surface area contributed by atoms with Gasteiger partial charge < -0.3 is 20.4 Å². The van der Waals surface area contributed by atoms with Crippen molar-refractivity contribution in [3.63, 3.8) is 0 Å². The highest BCUT2D eigenvalue weighted by Crippen LogP contribution is 2.31. The molecule has 3 fully saturated rings. The summed E-state index contributed by atoms with van der Waals surface area (Å²) in [6, 6.07) is 3.86. The SMILES string of the molecule is CC(C(=O)Nc1ccc(N2CCN(C(=O)C3CC3)CC2)nc1)C1CNC1.Cl.Cl. The summed E-state index contributed by atoms with van der Waals surface area (Å²) in [6.45, 7) is 6.96. The van der Waals surface area contributed by atoms with E-state index in [0.717, 1.165) is 63.6 Å². The summed E-state index contributed by atoms with van der Waals surface area (Å²) in [5.74, 6) is 2.01. The number of carbonyl (C=O) groups excluding carboxylic acids is 2. The van der Waals surface area contributed by atoms with Crippen molar-refractivity contribution < 1.29 is 9.59 Å². The number of nitrogens with zero attached hydrogens (tertiary/aromatic N) is 3. The smallest absolute Gasteiger partial charge is 0.227 e. The van der Waals surface area contributed by atoms with Crippen LogP contribution in [-0.2, 0) is 9.59 Å². The fraction of sp³-hybridized carbons (Fsp3) is 0.632. The van der Waals surface area contributed by atoms with Gasteiger partial charge >= 0.3 is 0 Å². The normalized spacial score (nSPS) is 20.3. The van der Waals surface area contributed by atoms with Gasteiger partial charge in [0.2, 0.25) is 11.8 Å². The molecule has 7 nitrogen and oxygen atoms in total. The number of carbonyl (C=O) groups is 2. The molecule has 0 spiro atoms. The van der Waals surface area contributed by atoms with Crippen molar-refractivity contribution in [2.45, 2.75) is 19.8 Å². The summed E-state index contributed by atoms with van der Waals surface area (Å²) in [7, 11) is 0. The van der Waals surface area contributed by atoms with Crippen LogP contribution < -0.4 is 15.5 Å². The van der Waals surface area contributed by atoms with Crippen LogP contribution in [0.1, 0.15) is 19.8 Å². The van der Waals surface area contributed by atoms with E-state index < -0.39 is 0 Å². The molecule has 2 saturated heterocycles. The summed E-state index contributed by atoms with van der Waals surface area (Å²) < 4.78 is 0. The topological polar surface area (TPSA) is 77.6 Å². The molecule has 0 aromatic carbocycles. The number of pyridine rings is 1. The van der Waals surface area contributed by atoms with Crippen LogP contribution in [0.4, 0.5) is 11.5 Å². The fourth-order valence-electron chi connectivity index (χ4n) is 3.53. The van der Waals surface area contributed by atoms with Crippen LogP contribution in [0.3, 0.4) is 0 Å². The maximum Gasteiger partial charge on any atom is 0.227 e. The first-order valence-corrected chi connectivity index (χ1v) is 9.63. The van der Waals surface area contributed by atoms with Crippen molar-refractivity contribution in [1.29, 1.82) is 0 Å². The Labute approximate surface area is 178 Å². The molecule has 1 aromatic rings. The summed E-state index contributed by atoms with van der Waals surface area (Å²) in [5, 5.41) is 6.16. The van der Waals surface area contributed by atoms with E-state index in [1.165, 1.54) is 0 Å². The van der Waals surface area contributed by atoms with Gasteiger partial charge in [-0.3, -0.25) is 9.59 Å². The number of piperazine rings is 1. The number of nitrogens with one attached hydrogen (secondary N) is 2. The van der Waals surface area contributed by atoms with Crippen LogP contribution in [0.2, 0.25) is 0 Å². The van der Waals surface area contributed by atoms with Gasteiger partial charge in [-0.1, -0.05) is 6.92 Å². The molecule has 1 atom stereocenters. The van der Waals surface area contributed by atoms with Gasteiger partial charge in [-0.2, -0.15) is 0 Å². The number of hydrogen-bond donors (Lipinski definition) is 2. The first-order valence-electron chi connectivity index (χ1n) is 9.63. The largest absolute Gasteiger partial charge is 0.353 e. The van der Waals surface area contributed by atoms with Crippen molar-refractivity contribution in [1.82, 2.24) is 15.2 Å². The molecule has 2 N–H and O–H groups in total. The third-order valence-corrected chi connectivity index (χ3v) is 5.79. The van der Waals surface area contributed by atoms with Crippen molar-refractivity contribution in [2.75, 3.05) is 49.5 Å². The molecular formula is C19H29Cl2N5O2. The Hall–Kier alpha value is -1.57. The first kappa shape index (κ1) is 22.7. The molecule has 9 heteroatoms. The van der Waals surface area contributed by atoms with Crippen molar-refractivity contribution in [3.05, 3.63) is 18.3 Å². The van der Waals surface area contributed by atoms with E-state index >= 15 is 0 Å². The third kappa shape index (κ3) is 5.07. The quantitative estimate of drug-likeness (QED) is 0.745. The summed E-state index contributed by atoms with van der Waals surface area (Å²) >= 11 is 0. The number of hydrogen-bond acceptors (Lipinski definition) is 5. The lowest BCUT2D eigenvalue weighted by atomic mass is 9.88. The minimum absolute atomic E-state index is 0. The lowest BCUT2D eigenvalue weighted by Gasteiger charge is -2.35. The fourth-order valence-corrected chi connectivity index (χ4v) is 3.53. The van der Waals surface area contributed by atoms with E-state index in [1.54, 1.807) is 6.20 Å². The van der Waals surface area contributed by atoms with Crippen molar-refractivity contribution >= 4 is 48.1 Å². The minimum Gasteiger partial charge on any atom is -0.353 e. The van der Waals surface area contributed by atoms with Crippen LogP contribution in [0, 0.1) is 17.8 Å². The average Bonchev–Trinajstić information content (AvgIpc) is 3.45. The molecule has 0 bridgehead atoms. The third-order valence-electron chi connectivity index (χ3n) is 5.79. The molecule has 1 aliphatic carbocycles. The Bertz CT molecular complexity index is 671. The zero-order valence-electron chi connectivity index (χ0n) is 16.1.